The van der Waals surface area contributed by atoms with Crippen LogP contribution in [-0.2, 0) is 14.2 Å². The van der Waals surface area contributed by atoms with Crippen molar-refractivity contribution in [2.24, 2.45) is 0 Å². The van der Waals surface area contributed by atoms with Crippen LogP contribution >= 0.6 is 0 Å². The van der Waals surface area contributed by atoms with E-state index in [1.54, 1.807) is 7.11 Å². The van der Waals surface area contributed by atoms with Gasteiger partial charge in [-0.25, -0.2) is 0 Å². The van der Waals surface area contributed by atoms with E-state index in [4.69, 9.17) is 14.2 Å². The molecule has 2 aliphatic rings. The van der Waals surface area contributed by atoms with Gasteiger partial charge in [0.15, 0.2) is 5.79 Å². The molecule has 2 rings (SSSR count). The molecule has 0 radical (unpaired) electrons. The van der Waals surface area contributed by atoms with E-state index in [9.17, 15) is 0 Å². The van der Waals surface area contributed by atoms with E-state index in [0.29, 0.717) is 19.3 Å². The molecule has 76 valence electrons. The smallest absolute Gasteiger partial charge is 0.172 e. The fourth-order valence-corrected chi connectivity index (χ4v) is 1.92. The zero-order chi connectivity index (χ0) is 9.53. The van der Waals surface area contributed by atoms with Crippen molar-refractivity contribution in [2.75, 3.05) is 20.3 Å². The van der Waals surface area contributed by atoms with E-state index < -0.39 is 5.79 Å². The highest BCUT2D eigenvalue weighted by atomic mass is 16.7. The van der Waals surface area contributed by atoms with E-state index in [1.165, 1.54) is 0 Å². The maximum Gasteiger partial charge on any atom is 0.172 e. The van der Waals surface area contributed by atoms with Crippen LogP contribution in [0.25, 0.3) is 0 Å². The number of rotatable bonds is 4. The molecule has 2 heterocycles. The Bertz CT molecular complexity index is 201. The lowest BCUT2D eigenvalue weighted by Crippen LogP contribution is -2.55. The molecule has 0 aliphatic carbocycles. The maximum absolute atomic E-state index is 5.70. The summed E-state index contributed by atoms with van der Waals surface area (Å²) in [4.78, 5) is 0. The number of methoxy groups -OCH3 is 1. The molecule has 0 bridgehead atoms. The molecule has 0 aromatic carbocycles. The van der Waals surface area contributed by atoms with Gasteiger partial charge in [-0.3, -0.25) is 5.32 Å². The monoisotopic (exact) mass is 187 g/mol. The van der Waals surface area contributed by atoms with Crippen molar-refractivity contribution < 1.29 is 14.2 Å². The van der Waals surface area contributed by atoms with Crippen LogP contribution in [0.15, 0.2) is 0 Å². The molecule has 2 aliphatic heterocycles. The van der Waals surface area contributed by atoms with Gasteiger partial charge in [0.2, 0.25) is 0 Å². The Kier molecular flexibility index (Phi) is 2.11. The summed E-state index contributed by atoms with van der Waals surface area (Å²) in [7, 11) is 1.67. The first-order valence-corrected chi connectivity index (χ1v) is 4.71. The Hall–Kier alpha value is -0.160. The summed E-state index contributed by atoms with van der Waals surface area (Å²) >= 11 is 0. The van der Waals surface area contributed by atoms with Crippen molar-refractivity contribution in [3.8, 4) is 0 Å². The van der Waals surface area contributed by atoms with Crippen molar-refractivity contribution in [2.45, 2.75) is 37.8 Å². The van der Waals surface area contributed by atoms with Crippen molar-refractivity contribution >= 4 is 0 Å². The van der Waals surface area contributed by atoms with Gasteiger partial charge in [-0.15, -0.1) is 0 Å². The molecule has 3 atom stereocenters. The molecule has 2 saturated heterocycles. The molecule has 13 heavy (non-hydrogen) atoms. The highest BCUT2D eigenvalue weighted by Gasteiger charge is 2.66. The third kappa shape index (κ3) is 1.59. The third-order valence-electron chi connectivity index (χ3n) is 2.75. The lowest BCUT2D eigenvalue weighted by Gasteiger charge is -2.44. The normalized spacial score (nSPS) is 47.8. The van der Waals surface area contributed by atoms with Crippen LogP contribution in [0.3, 0.4) is 0 Å². The number of hydrogen-bond acceptors (Lipinski definition) is 4. The molecular formula is C9H17NO3. The predicted octanol–water partition coefficient (Wildman–Crippen LogP) is 0.474. The van der Waals surface area contributed by atoms with E-state index in [-0.39, 0.29) is 5.72 Å². The number of hydrogen-bond donors (Lipinski definition) is 1. The predicted molar refractivity (Wildman–Crippen MR) is 47.3 cm³/mol. The summed E-state index contributed by atoms with van der Waals surface area (Å²) in [6.45, 7) is 5.31. The lowest BCUT2D eigenvalue weighted by molar-refractivity contribution is -0.349. The average molecular weight is 187 g/mol. The van der Waals surface area contributed by atoms with Gasteiger partial charge in [-0.2, -0.15) is 0 Å². The Morgan fingerprint density at radius 2 is 2.15 bits per heavy atom. The van der Waals surface area contributed by atoms with Crippen LogP contribution < -0.4 is 5.32 Å². The van der Waals surface area contributed by atoms with Crippen molar-refractivity contribution in [1.29, 1.82) is 0 Å². The number of ether oxygens (including phenoxy) is 3. The number of nitrogens with one attached hydrogen (secondary N) is 1. The highest BCUT2D eigenvalue weighted by molar-refractivity contribution is 5.13. The molecular weight excluding hydrogens is 170 g/mol. The van der Waals surface area contributed by atoms with Crippen LogP contribution in [0.5, 0.6) is 0 Å². The molecule has 1 spiro atoms. The maximum atomic E-state index is 5.70. The van der Waals surface area contributed by atoms with Crippen LogP contribution in [0.4, 0.5) is 0 Å². The molecule has 1 N–H and O–H groups in total. The van der Waals surface area contributed by atoms with Gasteiger partial charge in [0.05, 0.1) is 13.2 Å². The molecule has 0 amide bonds. The highest BCUT2D eigenvalue weighted by Crippen LogP contribution is 2.49. The third-order valence-corrected chi connectivity index (χ3v) is 2.75. The van der Waals surface area contributed by atoms with E-state index in [1.807, 2.05) is 6.92 Å². The second-order valence-electron chi connectivity index (χ2n) is 4.01. The Balaban J connectivity index is 1.70. The Morgan fingerprint density at radius 1 is 1.54 bits per heavy atom. The van der Waals surface area contributed by atoms with Crippen molar-refractivity contribution in [3.63, 3.8) is 0 Å². The van der Waals surface area contributed by atoms with Gasteiger partial charge < -0.3 is 14.2 Å². The van der Waals surface area contributed by atoms with Crippen LogP contribution in [0.1, 0.15) is 20.3 Å². The van der Waals surface area contributed by atoms with E-state index >= 15 is 0 Å². The van der Waals surface area contributed by atoms with Crippen molar-refractivity contribution in [1.82, 2.24) is 5.32 Å². The first-order chi connectivity index (χ1) is 6.10. The molecule has 0 aromatic heterocycles. The van der Waals surface area contributed by atoms with Gasteiger partial charge in [0, 0.05) is 19.6 Å². The second-order valence-corrected chi connectivity index (χ2v) is 4.01. The fourth-order valence-electron chi connectivity index (χ4n) is 1.92. The zero-order valence-electron chi connectivity index (χ0n) is 8.42. The largest absolute Gasteiger partial charge is 0.382 e. The quantitative estimate of drug-likeness (QED) is 0.513. The van der Waals surface area contributed by atoms with Crippen molar-refractivity contribution in [3.05, 3.63) is 0 Å². The van der Waals surface area contributed by atoms with Crippen LogP contribution in [-0.4, -0.2) is 37.9 Å². The molecule has 0 aromatic rings. The Morgan fingerprint density at radius 3 is 2.62 bits per heavy atom. The van der Waals surface area contributed by atoms with Gasteiger partial charge >= 0.3 is 0 Å². The van der Waals surface area contributed by atoms with Gasteiger partial charge in [0.25, 0.3) is 0 Å². The minimum Gasteiger partial charge on any atom is -0.382 e. The summed E-state index contributed by atoms with van der Waals surface area (Å²) < 4.78 is 16.1. The van der Waals surface area contributed by atoms with Crippen LogP contribution in [0, 0.1) is 0 Å². The SMILES string of the molecule is COCCOC1(C)CC2(NC2C)O1. The first kappa shape index (κ1) is 9.40. The van der Waals surface area contributed by atoms with Gasteiger partial charge in [-0.1, -0.05) is 0 Å². The standard InChI is InChI=1S/C9H17NO3/c1-7-9(10-7)6-8(2,13-9)12-5-4-11-3/h7,10H,4-6H2,1-3H3. The summed E-state index contributed by atoms with van der Waals surface area (Å²) in [6.07, 6.45) is 0.935. The summed E-state index contributed by atoms with van der Waals surface area (Å²) in [5.41, 5.74) is -0.0537. The minimum atomic E-state index is -0.393. The van der Waals surface area contributed by atoms with E-state index in [2.05, 4.69) is 12.2 Å². The molecule has 4 nitrogen and oxygen atoms in total. The average Bonchev–Trinajstić information content (AvgIpc) is 2.61. The molecule has 2 fully saturated rings. The van der Waals surface area contributed by atoms with E-state index in [0.717, 1.165) is 6.42 Å². The topological polar surface area (TPSA) is 49.6 Å². The summed E-state index contributed by atoms with van der Waals surface area (Å²) in [5, 5.41) is 3.26. The van der Waals surface area contributed by atoms with Gasteiger partial charge in [0.1, 0.15) is 5.72 Å². The lowest BCUT2D eigenvalue weighted by atomic mass is 10.00. The molecule has 3 unspecified atom stereocenters. The zero-order valence-corrected chi connectivity index (χ0v) is 8.42. The molecule has 0 saturated carbocycles. The molecule has 4 heteroatoms. The summed E-state index contributed by atoms with van der Waals surface area (Å²) in [5.74, 6) is -0.393. The fraction of sp³-hybridized carbons (Fsp3) is 1.00. The van der Waals surface area contributed by atoms with Gasteiger partial charge in [-0.05, 0) is 13.8 Å². The van der Waals surface area contributed by atoms with Crippen LogP contribution in [0.2, 0.25) is 0 Å². The second kappa shape index (κ2) is 2.92. The Labute approximate surface area is 78.5 Å². The first-order valence-electron chi connectivity index (χ1n) is 4.71. The summed E-state index contributed by atoms with van der Waals surface area (Å²) in [6, 6.07) is 0.478. The minimum absolute atomic E-state index is 0.0537.